The number of halogens is 1. The van der Waals surface area contributed by atoms with Gasteiger partial charge in [0.1, 0.15) is 11.4 Å². The minimum absolute atomic E-state index is 0.0214. The molecule has 0 saturated carbocycles. The number of benzene rings is 1. The second-order valence-electron chi connectivity index (χ2n) is 7.72. The number of nitrogens with zero attached hydrogens (tertiary/aromatic N) is 2. The van der Waals surface area contributed by atoms with E-state index in [1.807, 2.05) is 31.7 Å². The highest BCUT2D eigenvalue weighted by Crippen LogP contribution is 2.39. The van der Waals surface area contributed by atoms with Gasteiger partial charge in [0, 0.05) is 11.6 Å². The van der Waals surface area contributed by atoms with E-state index in [2.05, 4.69) is 6.08 Å². The Balaban J connectivity index is 1.84. The molecular formula is C20H23FN2O2. The molecule has 1 saturated heterocycles. The molecule has 0 N–H and O–H groups in total. The van der Waals surface area contributed by atoms with Crippen LogP contribution < -0.4 is 0 Å². The van der Waals surface area contributed by atoms with Gasteiger partial charge in [-0.1, -0.05) is 12.1 Å². The largest absolute Gasteiger partial charge is 0.444 e. The summed E-state index contributed by atoms with van der Waals surface area (Å²) < 4.78 is 19.3. The summed E-state index contributed by atoms with van der Waals surface area (Å²) in [6.45, 7) is 5.60. The molecule has 0 radical (unpaired) electrons. The van der Waals surface area contributed by atoms with E-state index >= 15 is 0 Å². The van der Waals surface area contributed by atoms with Gasteiger partial charge in [0.2, 0.25) is 0 Å². The number of hydrogen-bond donors (Lipinski definition) is 0. The highest BCUT2D eigenvalue weighted by Gasteiger charge is 2.41. The number of nitriles is 1. The van der Waals surface area contributed by atoms with Crippen LogP contribution >= 0.6 is 0 Å². The van der Waals surface area contributed by atoms with Crippen molar-refractivity contribution in [3.8, 4) is 6.07 Å². The quantitative estimate of drug-likeness (QED) is 0.798. The number of carbonyl (C=O) groups excluding carboxylic acids is 1. The zero-order chi connectivity index (χ0) is 18.2. The van der Waals surface area contributed by atoms with Crippen molar-refractivity contribution < 1.29 is 13.9 Å². The molecule has 1 aromatic rings. The summed E-state index contributed by atoms with van der Waals surface area (Å²) >= 11 is 0. The molecule has 1 amide bonds. The van der Waals surface area contributed by atoms with Crippen LogP contribution in [0.5, 0.6) is 0 Å². The van der Waals surface area contributed by atoms with Crippen LogP contribution in [0, 0.1) is 17.1 Å². The molecule has 2 aliphatic heterocycles. The Labute approximate surface area is 147 Å². The highest BCUT2D eigenvalue weighted by molar-refractivity contribution is 5.75. The number of carbonyl (C=O) groups is 1. The number of hydrogen-bond acceptors (Lipinski definition) is 3. The molecule has 0 spiro atoms. The maximum Gasteiger partial charge on any atom is 0.411 e. The zero-order valence-electron chi connectivity index (χ0n) is 14.9. The van der Waals surface area contributed by atoms with E-state index in [9.17, 15) is 9.18 Å². The molecule has 2 heterocycles. The highest BCUT2D eigenvalue weighted by atomic mass is 19.1. The summed E-state index contributed by atoms with van der Waals surface area (Å²) in [5.74, 6) is -0.347. The first-order valence-electron chi connectivity index (χ1n) is 8.66. The third kappa shape index (κ3) is 3.68. The predicted octanol–water partition coefficient (Wildman–Crippen LogP) is 4.45. The fraction of sp³-hybridized carbons (Fsp3) is 0.500. The topological polar surface area (TPSA) is 53.3 Å². The first-order valence-corrected chi connectivity index (χ1v) is 8.66. The zero-order valence-corrected chi connectivity index (χ0v) is 14.9. The lowest BCUT2D eigenvalue weighted by molar-refractivity contribution is 0.0175. The molecule has 2 bridgehead atoms. The van der Waals surface area contributed by atoms with E-state index in [4.69, 9.17) is 10.00 Å². The Hall–Kier alpha value is -2.35. The van der Waals surface area contributed by atoms with E-state index < -0.39 is 5.60 Å². The van der Waals surface area contributed by atoms with Gasteiger partial charge in [-0.15, -0.1) is 0 Å². The van der Waals surface area contributed by atoms with Crippen LogP contribution in [-0.2, 0) is 11.2 Å². The standard InChI is InChI=1S/C20H23FN2O2/c1-20(2,3)25-19(24)23-16-5-6-17(23)12-15(11-16)13-4-7-18(21)14(10-13)8-9-22/h4,7,10-11,16-17H,5-6,8,12H2,1-3H3. The third-order valence-electron chi connectivity index (χ3n) is 4.69. The van der Waals surface area contributed by atoms with Crippen LogP contribution in [0.4, 0.5) is 9.18 Å². The molecule has 5 heteroatoms. The van der Waals surface area contributed by atoms with Crippen LogP contribution in [0.2, 0.25) is 0 Å². The van der Waals surface area contributed by atoms with Gasteiger partial charge in [-0.2, -0.15) is 5.26 Å². The molecule has 1 aromatic carbocycles. The molecular weight excluding hydrogens is 319 g/mol. The van der Waals surface area contributed by atoms with E-state index in [1.165, 1.54) is 6.07 Å². The molecule has 1 fully saturated rings. The molecule has 4 nitrogen and oxygen atoms in total. The van der Waals surface area contributed by atoms with E-state index in [0.717, 1.165) is 30.4 Å². The lowest BCUT2D eigenvalue weighted by atomic mass is 9.93. The van der Waals surface area contributed by atoms with Gasteiger partial charge in [0.15, 0.2) is 0 Å². The van der Waals surface area contributed by atoms with Gasteiger partial charge in [-0.05, 0) is 63.3 Å². The van der Waals surface area contributed by atoms with E-state index in [-0.39, 0.29) is 30.4 Å². The van der Waals surface area contributed by atoms with E-state index in [1.54, 1.807) is 12.1 Å². The van der Waals surface area contributed by atoms with Crippen molar-refractivity contribution in [3.63, 3.8) is 0 Å². The van der Waals surface area contributed by atoms with Crippen LogP contribution in [0.3, 0.4) is 0 Å². The third-order valence-corrected chi connectivity index (χ3v) is 4.69. The van der Waals surface area contributed by atoms with E-state index in [0.29, 0.717) is 5.56 Å². The van der Waals surface area contributed by atoms with Gasteiger partial charge in [-0.3, -0.25) is 4.90 Å². The summed E-state index contributed by atoms with van der Waals surface area (Å²) in [4.78, 5) is 14.3. The fourth-order valence-electron chi connectivity index (χ4n) is 3.64. The molecule has 2 atom stereocenters. The van der Waals surface area contributed by atoms with Crippen molar-refractivity contribution in [2.75, 3.05) is 0 Å². The molecule has 2 unspecified atom stereocenters. The van der Waals surface area contributed by atoms with Gasteiger partial charge in [0.05, 0.1) is 18.5 Å². The molecule has 132 valence electrons. The molecule has 25 heavy (non-hydrogen) atoms. The summed E-state index contributed by atoms with van der Waals surface area (Å²) in [6, 6.07) is 7.07. The summed E-state index contributed by atoms with van der Waals surface area (Å²) in [6.07, 6.45) is 4.48. The van der Waals surface area contributed by atoms with Gasteiger partial charge >= 0.3 is 6.09 Å². The van der Waals surface area contributed by atoms with Crippen LogP contribution in [0.1, 0.15) is 51.2 Å². The summed E-state index contributed by atoms with van der Waals surface area (Å²) in [5.41, 5.74) is 1.96. The average Bonchev–Trinajstić information content (AvgIpc) is 2.79. The average molecular weight is 342 g/mol. The van der Waals surface area contributed by atoms with Crippen LogP contribution in [0.15, 0.2) is 24.3 Å². The van der Waals surface area contributed by atoms with Crippen molar-refractivity contribution in [1.82, 2.24) is 4.90 Å². The second kappa shape index (κ2) is 6.51. The molecule has 2 aliphatic rings. The maximum absolute atomic E-state index is 13.8. The Morgan fingerprint density at radius 3 is 2.80 bits per heavy atom. The van der Waals surface area contributed by atoms with Gasteiger partial charge in [0.25, 0.3) is 0 Å². The molecule has 0 aromatic heterocycles. The SMILES string of the molecule is CC(C)(C)OC(=O)N1C2C=C(c3ccc(F)c(CC#N)c3)CC1CC2. The first-order chi connectivity index (χ1) is 11.8. The van der Waals surface area contributed by atoms with Crippen molar-refractivity contribution in [3.05, 3.63) is 41.2 Å². The number of ether oxygens (including phenoxy) is 1. The Morgan fingerprint density at radius 2 is 2.16 bits per heavy atom. The lowest BCUT2D eigenvalue weighted by Crippen LogP contribution is -2.45. The minimum atomic E-state index is -0.510. The second-order valence-corrected chi connectivity index (χ2v) is 7.72. The summed E-state index contributed by atoms with van der Waals surface area (Å²) in [7, 11) is 0. The molecule has 3 rings (SSSR count). The van der Waals surface area contributed by atoms with Crippen molar-refractivity contribution in [2.45, 2.75) is 64.1 Å². The van der Waals surface area contributed by atoms with Crippen molar-refractivity contribution in [1.29, 1.82) is 5.26 Å². The van der Waals surface area contributed by atoms with Crippen molar-refractivity contribution >= 4 is 11.7 Å². The number of amides is 1. The minimum Gasteiger partial charge on any atom is -0.444 e. The van der Waals surface area contributed by atoms with Crippen LogP contribution in [-0.4, -0.2) is 28.7 Å². The smallest absolute Gasteiger partial charge is 0.411 e. The number of rotatable bonds is 2. The Morgan fingerprint density at radius 1 is 1.40 bits per heavy atom. The fourth-order valence-corrected chi connectivity index (χ4v) is 3.64. The monoisotopic (exact) mass is 342 g/mol. The Bertz CT molecular complexity index is 758. The van der Waals surface area contributed by atoms with Crippen LogP contribution in [0.25, 0.3) is 5.57 Å². The normalized spacial score (nSPS) is 22.4. The van der Waals surface area contributed by atoms with Crippen molar-refractivity contribution in [2.24, 2.45) is 0 Å². The lowest BCUT2D eigenvalue weighted by Gasteiger charge is -2.35. The van der Waals surface area contributed by atoms with Gasteiger partial charge < -0.3 is 4.74 Å². The molecule has 0 aliphatic carbocycles. The number of fused-ring (bicyclic) bond motifs is 2. The Kier molecular flexibility index (Phi) is 4.55. The maximum atomic E-state index is 13.8. The first kappa shape index (κ1) is 17.5. The van der Waals surface area contributed by atoms with Gasteiger partial charge in [-0.25, -0.2) is 9.18 Å². The summed E-state index contributed by atoms with van der Waals surface area (Å²) in [5, 5.41) is 8.84. The predicted molar refractivity (Wildman–Crippen MR) is 93.2 cm³/mol.